The molecule has 1 N–H and O–H groups in total. The van der Waals surface area contributed by atoms with Gasteiger partial charge in [0.05, 0.1) is 5.71 Å². The fraction of sp³-hybridized carbons (Fsp3) is 0.118. The minimum absolute atomic E-state index is 0.495. The van der Waals surface area contributed by atoms with Crippen LogP contribution in [0.4, 0.5) is 0 Å². The average Bonchev–Trinajstić information content (AvgIpc) is 2.43. The van der Waals surface area contributed by atoms with Gasteiger partial charge in [-0.15, -0.1) is 0 Å². The molecule has 0 aliphatic rings. The number of allylic oxidation sites excluding steroid dienone is 7. The third kappa shape index (κ3) is 3.70. The van der Waals surface area contributed by atoms with Crippen LogP contribution in [-0.4, -0.2) is 5.71 Å². The Morgan fingerprint density at radius 1 is 1.11 bits per heavy atom. The second-order valence-electron chi connectivity index (χ2n) is 3.83. The van der Waals surface area contributed by atoms with Crippen LogP contribution in [0.1, 0.15) is 19.4 Å². The van der Waals surface area contributed by atoms with Crippen molar-refractivity contribution < 1.29 is 0 Å². The van der Waals surface area contributed by atoms with Gasteiger partial charge in [0.2, 0.25) is 0 Å². The molecule has 1 rings (SSSR count). The van der Waals surface area contributed by atoms with Gasteiger partial charge in [0.1, 0.15) is 0 Å². The molecule has 0 fully saturated rings. The second kappa shape index (κ2) is 7.23. The molecule has 0 spiro atoms. The van der Waals surface area contributed by atoms with Crippen molar-refractivity contribution in [3.8, 4) is 0 Å². The fourth-order valence-electron chi connectivity index (χ4n) is 1.66. The lowest BCUT2D eigenvalue weighted by molar-refractivity contribution is 1.45. The summed E-state index contributed by atoms with van der Waals surface area (Å²) in [6.07, 6.45) is 9.65. The van der Waals surface area contributed by atoms with E-state index in [0.29, 0.717) is 5.71 Å². The maximum atomic E-state index is 8.09. The third-order valence-corrected chi connectivity index (χ3v) is 2.60. The lowest BCUT2D eigenvalue weighted by Crippen LogP contribution is -1.96. The summed E-state index contributed by atoms with van der Waals surface area (Å²) < 4.78 is 0. The first-order chi connectivity index (χ1) is 8.72. The Labute approximate surface area is 109 Å². The quantitative estimate of drug-likeness (QED) is 0.567. The predicted octanol–water partition coefficient (Wildman–Crippen LogP) is 4.69. The maximum Gasteiger partial charge on any atom is 0.0618 e. The zero-order valence-corrected chi connectivity index (χ0v) is 11.0. The molecular formula is C17H19N. The van der Waals surface area contributed by atoms with Crippen LogP contribution in [-0.2, 0) is 0 Å². The summed E-state index contributed by atoms with van der Waals surface area (Å²) in [5, 5.41) is 8.09. The molecule has 1 heteroatoms. The van der Waals surface area contributed by atoms with Crippen LogP contribution < -0.4 is 0 Å². The standard InChI is InChI=1S/C17H19N/c1-4-10-14(5-2)15(6-3)13-17(18)16-11-8-7-9-12-16/h4-13,18H,3H2,1-2H3/b10-4-,14-5+,15-13+,18-17?. The maximum absolute atomic E-state index is 8.09. The van der Waals surface area contributed by atoms with E-state index < -0.39 is 0 Å². The number of rotatable bonds is 5. The Balaban J connectivity index is 3.06. The number of benzene rings is 1. The van der Waals surface area contributed by atoms with Crippen molar-refractivity contribution in [2.24, 2.45) is 0 Å². The molecule has 1 aromatic rings. The van der Waals surface area contributed by atoms with Crippen LogP contribution in [0.15, 0.2) is 78.4 Å². The van der Waals surface area contributed by atoms with Gasteiger partial charge in [-0.3, -0.25) is 0 Å². The number of hydrogen-bond donors (Lipinski definition) is 1. The van der Waals surface area contributed by atoms with Gasteiger partial charge in [-0.2, -0.15) is 0 Å². The lowest BCUT2D eigenvalue weighted by atomic mass is 10.0. The van der Waals surface area contributed by atoms with Crippen LogP contribution in [0.3, 0.4) is 0 Å². The third-order valence-electron chi connectivity index (χ3n) is 2.60. The summed E-state index contributed by atoms with van der Waals surface area (Å²) in [6.45, 7) is 7.78. The van der Waals surface area contributed by atoms with Crippen LogP contribution in [0.25, 0.3) is 0 Å². The summed E-state index contributed by atoms with van der Waals surface area (Å²) in [7, 11) is 0. The van der Waals surface area contributed by atoms with Gasteiger partial charge in [-0.1, -0.05) is 61.2 Å². The Morgan fingerprint density at radius 2 is 1.78 bits per heavy atom. The minimum atomic E-state index is 0.495. The number of hydrogen-bond acceptors (Lipinski definition) is 1. The highest BCUT2D eigenvalue weighted by molar-refractivity contribution is 6.07. The lowest BCUT2D eigenvalue weighted by Gasteiger charge is -2.04. The molecule has 0 heterocycles. The monoisotopic (exact) mass is 237 g/mol. The van der Waals surface area contributed by atoms with E-state index in [2.05, 4.69) is 6.58 Å². The zero-order valence-electron chi connectivity index (χ0n) is 11.0. The van der Waals surface area contributed by atoms with Crippen molar-refractivity contribution in [2.75, 3.05) is 0 Å². The highest BCUT2D eigenvalue weighted by atomic mass is 14.4. The predicted molar refractivity (Wildman–Crippen MR) is 80.1 cm³/mol. The van der Waals surface area contributed by atoms with Crippen LogP contribution in [0, 0.1) is 5.41 Å². The Bertz CT molecular complexity index is 502. The Kier molecular flexibility index (Phi) is 5.59. The van der Waals surface area contributed by atoms with Crippen molar-refractivity contribution in [1.29, 1.82) is 5.41 Å². The highest BCUT2D eigenvalue weighted by Crippen LogP contribution is 2.14. The van der Waals surface area contributed by atoms with E-state index in [1.165, 1.54) is 0 Å². The molecule has 92 valence electrons. The number of nitrogens with one attached hydrogen (secondary N) is 1. The average molecular weight is 237 g/mol. The van der Waals surface area contributed by atoms with E-state index >= 15 is 0 Å². The topological polar surface area (TPSA) is 23.9 Å². The second-order valence-corrected chi connectivity index (χ2v) is 3.83. The molecule has 0 amide bonds. The largest absolute Gasteiger partial charge is 0.300 e. The van der Waals surface area contributed by atoms with Crippen LogP contribution in [0.2, 0.25) is 0 Å². The van der Waals surface area contributed by atoms with Crippen molar-refractivity contribution in [1.82, 2.24) is 0 Å². The summed E-state index contributed by atoms with van der Waals surface area (Å²) in [5.41, 5.74) is 3.44. The van der Waals surface area contributed by atoms with E-state index in [0.717, 1.165) is 16.7 Å². The zero-order chi connectivity index (χ0) is 13.4. The van der Waals surface area contributed by atoms with E-state index in [-0.39, 0.29) is 0 Å². The molecule has 0 aromatic heterocycles. The van der Waals surface area contributed by atoms with Crippen molar-refractivity contribution in [3.63, 3.8) is 0 Å². The van der Waals surface area contributed by atoms with E-state index in [1.807, 2.05) is 68.5 Å². The molecule has 1 aromatic carbocycles. The molecule has 1 nitrogen and oxygen atoms in total. The normalized spacial score (nSPS) is 12.8. The Morgan fingerprint density at radius 3 is 2.28 bits per heavy atom. The summed E-state index contributed by atoms with van der Waals surface area (Å²) in [6, 6.07) is 9.70. The summed E-state index contributed by atoms with van der Waals surface area (Å²) in [5.74, 6) is 0. The molecule has 18 heavy (non-hydrogen) atoms. The fourth-order valence-corrected chi connectivity index (χ4v) is 1.66. The van der Waals surface area contributed by atoms with E-state index in [9.17, 15) is 0 Å². The molecule has 0 radical (unpaired) electrons. The van der Waals surface area contributed by atoms with E-state index in [4.69, 9.17) is 5.41 Å². The summed E-state index contributed by atoms with van der Waals surface area (Å²) >= 11 is 0. The van der Waals surface area contributed by atoms with E-state index in [1.54, 1.807) is 6.08 Å². The van der Waals surface area contributed by atoms with Crippen molar-refractivity contribution >= 4 is 5.71 Å². The molecule has 0 bridgehead atoms. The van der Waals surface area contributed by atoms with Crippen molar-refractivity contribution in [2.45, 2.75) is 13.8 Å². The first kappa shape index (κ1) is 13.9. The van der Waals surface area contributed by atoms with Gasteiger partial charge in [0.15, 0.2) is 0 Å². The van der Waals surface area contributed by atoms with Gasteiger partial charge in [0.25, 0.3) is 0 Å². The molecule has 0 saturated carbocycles. The first-order valence-corrected chi connectivity index (χ1v) is 6.00. The molecule has 0 aliphatic carbocycles. The van der Waals surface area contributed by atoms with Crippen molar-refractivity contribution in [3.05, 3.63) is 84.0 Å². The highest BCUT2D eigenvalue weighted by Gasteiger charge is 2.01. The van der Waals surface area contributed by atoms with Crippen LogP contribution in [0.5, 0.6) is 0 Å². The van der Waals surface area contributed by atoms with Gasteiger partial charge in [-0.25, -0.2) is 0 Å². The van der Waals surface area contributed by atoms with Gasteiger partial charge < -0.3 is 5.41 Å². The SMILES string of the molecule is C=CC(=C\C(=N)c1ccccc1)/C(/C=C\C)=C/C. The van der Waals surface area contributed by atoms with Crippen LogP contribution >= 0.6 is 0 Å². The smallest absolute Gasteiger partial charge is 0.0618 e. The van der Waals surface area contributed by atoms with Gasteiger partial charge in [0, 0.05) is 0 Å². The van der Waals surface area contributed by atoms with Gasteiger partial charge in [-0.05, 0) is 36.6 Å². The summed E-state index contributed by atoms with van der Waals surface area (Å²) in [4.78, 5) is 0. The molecule has 0 saturated heterocycles. The molecule has 0 atom stereocenters. The molecular weight excluding hydrogens is 218 g/mol. The molecule has 0 aliphatic heterocycles. The minimum Gasteiger partial charge on any atom is -0.300 e. The molecule has 0 unspecified atom stereocenters. The van der Waals surface area contributed by atoms with Gasteiger partial charge >= 0.3 is 0 Å². The Hall–Kier alpha value is -2.15. The first-order valence-electron chi connectivity index (χ1n) is 6.00.